The number of sulfonamides is 1. The topological polar surface area (TPSA) is 120 Å². The molecule has 1 fully saturated rings. The number of aliphatic carboxylic acids is 1. The SMILES string of the molecule is O=C(O)Cn1cc(S(=O)(=O)NCC2COCCO2)cn1. The van der Waals surface area contributed by atoms with Crippen LogP contribution in [0.5, 0.6) is 0 Å². The van der Waals surface area contributed by atoms with Crippen LogP contribution in [0.4, 0.5) is 0 Å². The molecule has 1 atom stereocenters. The van der Waals surface area contributed by atoms with E-state index in [-0.39, 0.29) is 17.5 Å². The van der Waals surface area contributed by atoms with Crippen LogP contribution in [0.25, 0.3) is 0 Å². The van der Waals surface area contributed by atoms with Crippen molar-refractivity contribution < 1.29 is 27.8 Å². The van der Waals surface area contributed by atoms with Crippen molar-refractivity contribution in [2.75, 3.05) is 26.4 Å². The van der Waals surface area contributed by atoms with Gasteiger partial charge in [0.25, 0.3) is 0 Å². The molecule has 1 saturated heterocycles. The number of hydrogen-bond donors (Lipinski definition) is 2. The molecule has 0 bridgehead atoms. The number of carbonyl (C=O) groups is 1. The largest absolute Gasteiger partial charge is 0.480 e. The second-order valence-corrected chi connectivity index (χ2v) is 5.95. The molecule has 112 valence electrons. The number of carboxylic acids is 1. The molecule has 1 aromatic heterocycles. The molecule has 0 amide bonds. The summed E-state index contributed by atoms with van der Waals surface area (Å²) in [6.07, 6.45) is 1.94. The van der Waals surface area contributed by atoms with E-state index < -0.39 is 22.5 Å². The highest BCUT2D eigenvalue weighted by Crippen LogP contribution is 2.08. The molecular weight excluding hydrogens is 290 g/mol. The van der Waals surface area contributed by atoms with Crippen LogP contribution < -0.4 is 4.72 Å². The highest BCUT2D eigenvalue weighted by atomic mass is 32.2. The van der Waals surface area contributed by atoms with Gasteiger partial charge < -0.3 is 14.6 Å². The Kier molecular flexibility index (Phi) is 4.70. The summed E-state index contributed by atoms with van der Waals surface area (Å²) < 4.78 is 37.8. The van der Waals surface area contributed by atoms with Gasteiger partial charge in [0.1, 0.15) is 11.4 Å². The average Bonchev–Trinajstić information content (AvgIpc) is 2.86. The van der Waals surface area contributed by atoms with E-state index in [1.165, 1.54) is 0 Å². The number of nitrogens with one attached hydrogen (secondary N) is 1. The first kappa shape index (κ1) is 14.9. The van der Waals surface area contributed by atoms with Gasteiger partial charge in [-0.25, -0.2) is 13.1 Å². The molecule has 1 aliphatic rings. The maximum absolute atomic E-state index is 12.0. The van der Waals surface area contributed by atoms with Crippen LogP contribution in [0.15, 0.2) is 17.3 Å². The molecule has 9 nitrogen and oxygen atoms in total. The summed E-state index contributed by atoms with van der Waals surface area (Å²) in [5.74, 6) is -1.10. The number of rotatable bonds is 6. The molecule has 0 aromatic carbocycles. The van der Waals surface area contributed by atoms with E-state index in [2.05, 4.69) is 9.82 Å². The average molecular weight is 305 g/mol. The lowest BCUT2D eigenvalue weighted by Crippen LogP contribution is -2.39. The van der Waals surface area contributed by atoms with Crippen LogP contribution in [0, 0.1) is 0 Å². The van der Waals surface area contributed by atoms with Crippen molar-refractivity contribution in [1.82, 2.24) is 14.5 Å². The van der Waals surface area contributed by atoms with Gasteiger partial charge in [-0.3, -0.25) is 9.48 Å². The number of ether oxygens (including phenoxy) is 2. The maximum atomic E-state index is 12.0. The highest BCUT2D eigenvalue weighted by Gasteiger charge is 2.21. The predicted molar refractivity (Wildman–Crippen MR) is 65.6 cm³/mol. The van der Waals surface area contributed by atoms with Gasteiger partial charge in [-0.2, -0.15) is 5.10 Å². The molecule has 0 saturated carbocycles. The Labute approximate surface area is 115 Å². The fraction of sp³-hybridized carbons (Fsp3) is 0.600. The minimum absolute atomic E-state index is 0.0875. The summed E-state index contributed by atoms with van der Waals surface area (Å²) in [5, 5.41) is 12.3. The number of hydrogen-bond acceptors (Lipinski definition) is 6. The molecule has 0 radical (unpaired) electrons. The summed E-state index contributed by atoms with van der Waals surface area (Å²) in [4.78, 5) is 10.4. The molecule has 1 unspecified atom stereocenters. The third kappa shape index (κ3) is 4.00. The summed E-state index contributed by atoms with van der Waals surface area (Å²) in [5.41, 5.74) is 0. The van der Waals surface area contributed by atoms with E-state index in [0.29, 0.717) is 19.8 Å². The van der Waals surface area contributed by atoms with Gasteiger partial charge >= 0.3 is 5.97 Å². The summed E-state index contributed by atoms with van der Waals surface area (Å²) in [6.45, 7) is 0.969. The predicted octanol–water partition coefficient (Wildman–Crippen LogP) is -1.34. The first-order valence-corrected chi connectivity index (χ1v) is 7.39. The van der Waals surface area contributed by atoms with E-state index in [9.17, 15) is 13.2 Å². The minimum Gasteiger partial charge on any atom is -0.480 e. The number of aromatic nitrogens is 2. The van der Waals surface area contributed by atoms with Crippen molar-refractivity contribution in [2.45, 2.75) is 17.5 Å². The molecule has 1 aromatic rings. The summed E-state index contributed by atoms with van der Waals surface area (Å²) in [7, 11) is -3.74. The van der Waals surface area contributed by atoms with Gasteiger partial charge in [-0.15, -0.1) is 0 Å². The van der Waals surface area contributed by atoms with Crippen LogP contribution in [-0.4, -0.2) is 61.7 Å². The van der Waals surface area contributed by atoms with E-state index in [1.54, 1.807) is 0 Å². The molecule has 10 heteroatoms. The lowest BCUT2D eigenvalue weighted by molar-refractivity contribution is -0.137. The quantitative estimate of drug-likeness (QED) is 0.667. The van der Waals surface area contributed by atoms with Gasteiger partial charge in [0.05, 0.1) is 32.1 Å². The van der Waals surface area contributed by atoms with Crippen molar-refractivity contribution >= 4 is 16.0 Å². The van der Waals surface area contributed by atoms with E-state index in [1.807, 2.05) is 0 Å². The normalized spacial score (nSPS) is 19.9. The Morgan fingerprint density at radius 1 is 1.55 bits per heavy atom. The molecule has 0 spiro atoms. The Morgan fingerprint density at radius 2 is 2.35 bits per heavy atom. The van der Waals surface area contributed by atoms with Crippen LogP contribution >= 0.6 is 0 Å². The third-order valence-electron chi connectivity index (χ3n) is 2.60. The molecular formula is C10H15N3O6S. The molecule has 20 heavy (non-hydrogen) atoms. The monoisotopic (exact) mass is 305 g/mol. The van der Waals surface area contributed by atoms with Crippen LogP contribution in [0.3, 0.4) is 0 Å². The lowest BCUT2D eigenvalue weighted by atomic mass is 10.3. The maximum Gasteiger partial charge on any atom is 0.325 e. The first-order chi connectivity index (χ1) is 9.47. The highest BCUT2D eigenvalue weighted by molar-refractivity contribution is 7.89. The number of carboxylic acid groups (broad SMARTS) is 1. The van der Waals surface area contributed by atoms with Crippen LogP contribution in [0.1, 0.15) is 0 Å². The van der Waals surface area contributed by atoms with Crippen molar-refractivity contribution in [3.8, 4) is 0 Å². The van der Waals surface area contributed by atoms with Crippen molar-refractivity contribution in [3.63, 3.8) is 0 Å². The zero-order valence-corrected chi connectivity index (χ0v) is 11.4. The van der Waals surface area contributed by atoms with Crippen molar-refractivity contribution in [3.05, 3.63) is 12.4 Å². The zero-order valence-electron chi connectivity index (χ0n) is 10.6. The summed E-state index contributed by atoms with van der Waals surface area (Å²) >= 11 is 0. The lowest BCUT2D eigenvalue weighted by Gasteiger charge is -2.22. The van der Waals surface area contributed by atoms with Gasteiger partial charge in [0.15, 0.2) is 0 Å². The van der Waals surface area contributed by atoms with Gasteiger partial charge in [0.2, 0.25) is 10.0 Å². The molecule has 2 rings (SSSR count). The minimum atomic E-state index is -3.74. The Morgan fingerprint density at radius 3 is 3.00 bits per heavy atom. The third-order valence-corrected chi connectivity index (χ3v) is 3.98. The smallest absolute Gasteiger partial charge is 0.325 e. The second kappa shape index (κ2) is 6.31. The van der Waals surface area contributed by atoms with Crippen LogP contribution in [-0.2, 0) is 30.8 Å². The summed E-state index contributed by atoms with van der Waals surface area (Å²) in [6, 6.07) is 0. The van der Waals surface area contributed by atoms with Gasteiger partial charge in [-0.1, -0.05) is 0 Å². The first-order valence-electron chi connectivity index (χ1n) is 5.90. The number of nitrogens with zero attached hydrogens (tertiary/aromatic N) is 2. The molecule has 2 heterocycles. The standard InChI is InChI=1S/C10H15N3O6S/c14-10(15)6-13-5-9(4-11-13)20(16,17)12-3-8-7-18-1-2-19-8/h4-5,8,12H,1-3,6-7H2,(H,14,15). The van der Waals surface area contributed by atoms with Gasteiger partial charge in [-0.05, 0) is 0 Å². The van der Waals surface area contributed by atoms with E-state index >= 15 is 0 Å². The van der Waals surface area contributed by atoms with Gasteiger partial charge in [0, 0.05) is 12.7 Å². The van der Waals surface area contributed by atoms with Crippen molar-refractivity contribution in [2.24, 2.45) is 0 Å². The van der Waals surface area contributed by atoms with Crippen LogP contribution in [0.2, 0.25) is 0 Å². The Hall–Kier alpha value is -1.49. The fourth-order valence-corrected chi connectivity index (χ4v) is 2.67. The molecule has 2 N–H and O–H groups in total. The molecule has 1 aliphatic heterocycles. The molecule has 0 aliphatic carbocycles. The fourth-order valence-electron chi connectivity index (χ4n) is 1.65. The second-order valence-electron chi connectivity index (χ2n) is 4.19. The zero-order chi connectivity index (χ0) is 14.6. The Bertz CT molecular complexity index is 563. The van der Waals surface area contributed by atoms with E-state index in [0.717, 1.165) is 17.1 Å². The van der Waals surface area contributed by atoms with E-state index in [4.69, 9.17) is 14.6 Å². The van der Waals surface area contributed by atoms with Crippen molar-refractivity contribution in [1.29, 1.82) is 0 Å². The Balaban J connectivity index is 1.95.